The molecule has 12 heavy (non-hydrogen) atoms. The van der Waals surface area contributed by atoms with Crippen LogP contribution in [0.2, 0.25) is 0 Å². The van der Waals surface area contributed by atoms with Crippen molar-refractivity contribution in [3.05, 3.63) is 0 Å². The highest BCUT2D eigenvalue weighted by molar-refractivity contribution is 7.99. The quantitative estimate of drug-likeness (QED) is 0.654. The summed E-state index contributed by atoms with van der Waals surface area (Å²) in [5.41, 5.74) is 0. The zero-order chi connectivity index (χ0) is 9.61. The fraction of sp³-hybridized carbons (Fsp3) is 0.833. The number of hydrogen-bond donors (Lipinski definition) is 1. The van der Waals surface area contributed by atoms with E-state index in [0.717, 1.165) is 0 Å². The third-order valence-corrected chi connectivity index (χ3v) is 2.22. The molecule has 1 N–H and O–H groups in total. The van der Waals surface area contributed by atoms with Gasteiger partial charge < -0.3 is 5.11 Å². The number of rotatable bonds is 0. The van der Waals surface area contributed by atoms with Crippen molar-refractivity contribution in [2.45, 2.75) is 19.0 Å². The molecule has 0 amide bonds. The van der Waals surface area contributed by atoms with E-state index in [9.17, 15) is 13.2 Å². The first-order valence-corrected chi connectivity index (χ1v) is 4.48. The summed E-state index contributed by atoms with van der Waals surface area (Å²) in [4.78, 5) is 8.90. The predicted molar refractivity (Wildman–Crippen MR) is 40.2 cm³/mol. The van der Waals surface area contributed by atoms with Gasteiger partial charge in [0.05, 0.1) is 0 Å². The van der Waals surface area contributed by atoms with Gasteiger partial charge in [0.15, 0.2) is 0 Å². The van der Waals surface area contributed by atoms with Crippen molar-refractivity contribution in [2.24, 2.45) is 0 Å². The monoisotopic (exact) mass is 202 g/mol. The fourth-order valence-corrected chi connectivity index (χ4v) is 1.53. The van der Waals surface area contributed by atoms with Crippen LogP contribution < -0.4 is 0 Å². The van der Waals surface area contributed by atoms with E-state index in [1.54, 1.807) is 0 Å². The van der Waals surface area contributed by atoms with E-state index >= 15 is 0 Å². The van der Waals surface area contributed by atoms with Crippen LogP contribution >= 0.6 is 11.8 Å². The topological polar surface area (TPSA) is 37.3 Å². The molecular formula is C6H9F3O2S. The van der Waals surface area contributed by atoms with Crippen molar-refractivity contribution < 1.29 is 23.1 Å². The van der Waals surface area contributed by atoms with E-state index in [4.69, 9.17) is 9.90 Å². The second-order valence-electron chi connectivity index (χ2n) is 2.12. The normalized spacial score (nSPS) is 16.6. The van der Waals surface area contributed by atoms with Crippen LogP contribution in [0, 0.1) is 0 Å². The Morgan fingerprint density at radius 1 is 1.25 bits per heavy atom. The number of halogens is 3. The second kappa shape index (κ2) is 5.29. The summed E-state index contributed by atoms with van der Waals surface area (Å²) < 4.78 is 31.7. The van der Waals surface area contributed by atoms with Crippen molar-refractivity contribution in [3.63, 3.8) is 0 Å². The Bertz CT molecular complexity index is 135. The van der Waals surface area contributed by atoms with Crippen LogP contribution in [-0.2, 0) is 4.79 Å². The summed E-state index contributed by atoms with van der Waals surface area (Å²) in [6.45, 7) is 0. The Morgan fingerprint density at radius 3 is 1.67 bits per heavy atom. The van der Waals surface area contributed by atoms with Gasteiger partial charge in [0.1, 0.15) is 0 Å². The van der Waals surface area contributed by atoms with Crippen LogP contribution in [0.5, 0.6) is 0 Å². The molecule has 2 nitrogen and oxygen atoms in total. The standard InChI is InChI=1S/C4H8S.C2HF3O2/c1-2-4-5-3-1;3-2(4,5)1(6)7/h1-4H2;(H,6,7). The summed E-state index contributed by atoms with van der Waals surface area (Å²) in [7, 11) is 0. The molecule has 0 spiro atoms. The summed E-state index contributed by atoms with van der Waals surface area (Å²) in [6.07, 6.45) is -2.16. The molecule has 0 saturated carbocycles. The number of thioether (sulfide) groups is 1. The lowest BCUT2D eigenvalue weighted by atomic mass is 10.4. The van der Waals surface area contributed by atoms with Crippen LogP contribution in [0.25, 0.3) is 0 Å². The van der Waals surface area contributed by atoms with Gasteiger partial charge in [0.25, 0.3) is 0 Å². The van der Waals surface area contributed by atoms with Crippen molar-refractivity contribution in [2.75, 3.05) is 11.5 Å². The van der Waals surface area contributed by atoms with Crippen molar-refractivity contribution in [1.82, 2.24) is 0 Å². The van der Waals surface area contributed by atoms with Crippen molar-refractivity contribution in [1.29, 1.82) is 0 Å². The van der Waals surface area contributed by atoms with Crippen LogP contribution in [0.1, 0.15) is 12.8 Å². The van der Waals surface area contributed by atoms with Crippen LogP contribution in [0.15, 0.2) is 0 Å². The van der Waals surface area contributed by atoms with E-state index in [0.29, 0.717) is 0 Å². The first-order chi connectivity index (χ1) is 5.44. The van der Waals surface area contributed by atoms with Gasteiger partial charge in [0, 0.05) is 0 Å². The van der Waals surface area contributed by atoms with Gasteiger partial charge in [0.2, 0.25) is 0 Å². The highest BCUT2D eigenvalue weighted by Gasteiger charge is 2.38. The summed E-state index contributed by atoms with van der Waals surface area (Å²) >= 11 is 2.07. The average Bonchev–Trinajstić information content (AvgIpc) is 2.39. The van der Waals surface area contributed by atoms with E-state index in [-0.39, 0.29) is 0 Å². The minimum absolute atomic E-state index is 1.42. The molecule has 0 radical (unpaired) electrons. The average molecular weight is 202 g/mol. The number of hydrogen-bond acceptors (Lipinski definition) is 2. The highest BCUT2D eigenvalue weighted by Crippen LogP contribution is 2.14. The minimum atomic E-state index is -5.08. The Morgan fingerprint density at radius 2 is 1.58 bits per heavy atom. The summed E-state index contributed by atoms with van der Waals surface area (Å²) in [5.74, 6) is 0.0764. The van der Waals surface area contributed by atoms with Gasteiger partial charge in [-0.1, -0.05) is 0 Å². The van der Waals surface area contributed by atoms with Crippen molar-refractivity contribution in [3.8, 4) is 0 Å². The maximum Gasteiger partial charge on any atom is 0.490 e. The first kappa shape index (κ1) is 11.6. The van der Waals surface area contributed by atoms with E-state index in [1.807, 2.05) is 0 Å². The van der Waals surface area contributed by atoms with Gasteiger partial charge in [-0.25, -0.2) is 4.79 Å². The fourth-order valence-electron chi connectivity index (χ4n) is 0.510. The third-order valence-electron chi connectivity index (χ3n) is 1.07. The molecule has 1 aliphatic rings. The lowest BCUT2D eigenvalue weighted by molar-refractivity contribution is -0.192. The van der Waals surface area contributed by atoms with E-state index in [2.05, 4.69) is 11.8 Å². The highest BCUT2D eigenvalue weighted by atomic mass is 32.2. The molecule has 1 heterocycles. The maximum atomic E-state index is 10.6. The van der Waals surface area contributed by atoms with Crippen LogP contribution in [-0.4, -0.2) is 28.8 Å². The van der Waals surface area contributed by atoms with Gasteiger partial charge in [-0.15, -0.1) is 0 Å². The van der Waals surface area contributed by atoms with Crippen LogP contribution in [0.4, 0.5) is 13.2 Å². The van der Waals surface area contributed by atoms with Crippen molar-refractivity contribution >= 4 is 17.7 Å². The van der Waals surface area contributed by atoms with Gasteiger partial charge >= 0.3 is 12.1 Å². The van der Waals surface area contributed by atoms with Gasteiger partial charge in [-0.3, -0.25) is 0 Å². The van der Waals surface area contributed by atoms with E-state index in [1.165, 1.54) is 24.3 Å². The Labute approximate surface area is 72.1 Å². The SMILES string of the molecule is C1CCSC1.O=C(O)C(F)(F)F. The molecular weight excluding hydrogens is 193 g/mol. The molecule has 0 atom stereocenters. The summed E-state index contributed by atoms with van der Waals surface area (Å²) in [5, 5.41) is 7.12. The molecule has 0 aromatic rings. The number of alkyl halides is 3. The lowest BCUT2D eigenvalue weighted by Gasteiger charge is -1.93. The number of carbonyl (C=O) groups is 1. The zero-order valence-corrected chi connectivity index (χ0v) is 7.04. The molecule has 0 bridgehead atoms. The number of carboxylic acids is 1. The largest absolute Gasteiger partial charge is 0.490 e. The third kappa shape index (κ3) is 6.33. The zero-order valence-electron chi connectivity index (χ0n) is 6.23. The molecule has 1 fully saturated rings. The molecule has 0 aromatic carbocycles. The molecule has 6 heteroatoms. The Balaban J connectivity index is 0.000000211. The first-order valence-electron chi connectivity index (χ1n) is 3.32. The van der Waals surface area contributed by atoms with Gasteiger partial charge in [-0.2, -0.15) is 24.9 Å². The van der Waals surface area contributed by atoms with Gasteiger partial charge in [-0.05, 0) is 24.3 Å². The molecule has 1 rings (SSSR count). The predicted octanol–water partition coefficient (Wildman–Crippen LogP) is 2.15. The molecule has 0 aliphatic carbocycles. The van der Waals surface area contributed by atoms with Crippen LogP contribution in [0.3, 0.4) is 0 Å². The second-order valence-corrected chi connectivity index (χ2v) is 3.35. The minimum Gasteiger partial charge on any atom is -0.475 e. The Kier molecular flexibility index (Phi) is 5.12. The molecule has 0 aromatic heterocycles. The number of aliphatic carboxylic acids is 1. The number of carboxylic acid groups (broad SMARTS) is 1. The summed E-state index contributed by atoms with van der Waals surface area (Å²) in [6, 6.07) is 0. The smallest absolute Gasteiger partial charge is 0.475 e. The molecule has 1 aliphatic heterocycles. The molecule has 1 saturated heterocycles. The molecule has 0 unspecified atom stereocenters. The maximum absolute atomic E-state index is 10.6. The molecule has 72 valence electrons. The Hall–Kier alpha value is -0.390. The van der Waals surface area contributed by atoms with E-state index < -0.39 is 12.1 Å². The lowest BCUT2D eigenvalue weighted by Crippen LogP contribution is -2.21.